The summed E-state index contributed by atoms with van der Waals surface area (Å²) in [7, 11) is 0. The fourth-order valence-corrected chi connectivity index (χ4v) is 13.2. The summed E-state index contributed by atoms with van der Waals surface area (Å²) in [6, 6.07) is 14.4. The number of nitrogens with one attached hydrogen (secondary N) is 5. The van der Waals surface area contributed by atoms with E-state index < -0.39 is 11.6 Å². The number of fused-ring (bicyclic) bond motifs is 7. The maximum atomic E-state index is 13.8. The number of hydrazine groups is 1. The molecule has 2 aromatic carbocycles. The molecule has 67 heavy (non-hydrogen) atoms. The van der Waals surface area contributed by atoms with E-state index in [0.29, 0.717) is 43.5 Å². The van der Waals surface area contributed by atoms with Crippen molar-refractivity contribution in [2.75, 3.05) is 74.0 Å². The van der Waals surface area contributed by atoms with Gasteiger partial charge in [-0.1, -0.05) is 12.2 Å². The molecule has 4 amide bonds. The van der Waals surface area contributed by atoms with Gasteiger partial charge in [0, 0.05) is 94.0 Å². The summed E-state index contributed by atoms with van der Waals surface area (Å²) in [6.45, 7) is 11.0. The largest absolute Gasteiger partial charge is 0.389 e. The van der Waals surface area contributed by atoms with Crippen LogP contribution >= 0.6 is 0 Å². The number of piperidine rings is 3. The summed E-state index contributed by atoms with van der Waals surface area (Å²) in [6.07, 6.45) is 16.5. The average molecular weight is 918 g/mol. The number of amides is 4. The Morgan fingerprint density at radius 3 is 2.34 bits per heavy atom. The van der Waals surface area contributed by atoms with Gasteiger partial charge in [-0.2, -0.15) is 5.01 Å². The zero-order valence-corrected chi connectivity index (χ0v) is 39.3. The third kappa shape index (κ3) is 8.98. The SMILES string of the molecule is C[C@@]1(O)CC/C=C\CN2C(=O)C3CNC(Nc4ccc(N5CCN(CC6CCC7(CC6)CCN(c6ccc8c(c6)CN(C6CCC(=O)NC6=O)C8=O)CC7)CC5)cc4)NC3N2C2CCCC1N2. The van der Waals surface area contributed by atoms with E-state index in [4.69, 9.17) is 0 Å². The second kappa shape index (κ2) is 18.4. The molecule has 360 valence electrons. The van der Waals surface area contributed by atoms with Crippen molar-refractivity contribution in [1.82, 2.24) is 41.1 Å². The molecule has 7 fully saturated rings. The lowest BCUT2D eigenvalue weighted by Gasteiger charge is -2.47. The zero-order chi connectivity index (χ0) is 45.9. The van der Waals surface area contributed by atoms with E-state index in [1.807, 2.05) is 18.0 Å². The minimum absolute atomic E-state index is 0.0146. The molecule has 8 aliphatic heterocycles. The molecule has 1 aliphatic carbocycles. The highest BCUT2D eigenvalue weighted by atomic mass is 16.3. The average Bonchev–Trinajstić information content (AvgIpc) is 3.81. The summed E-state index contributed by atoms with van der Waals surface area (Å²) < 4.78 is 0. The Morgan fingerprint density at radius 2 is 1.57 bits per heavy atom. The molecule has 7 atom stereocenters. The molecule has 0 radical (unpaired) electrons. The van der Waals surface area contributed by atoms with Gasteiger partial charge in [-0.3, -0.25) is 50.4 Å². The van der Waals surface area contributed by atoms with E-state index in [1.165, 1.54) is 56.4 Å². The van der Waals surface area contributed by atoms with Crippen LogP contribution in [-0.2, 0) is 20.9 Å². The Kier molecular flexibility index (Phi) is 12.3. The van der Waals surface area contributed by atoms with E-state index in [9.17, 15) is 24.3 Å². The topological polar surface area (TPSA) is 168 Å². The van der Waals surface area contributed by atoms with Crippen LogP contribution in [0.4, 0.5) is 17.1 Å². The molecule has 9 aliphatic rings. The van der Waals surface area contributed by atoms with Gasteiger partial charge in [0.2, 0.25) is 17.7 Å². The smallest absolute Gasteiger partial charge is 0.255 e. The third-order valence-corrected chi connectivity index (χ3v) is 17.4. The van der Waals surface area contributed by atoms with Crippen molar-refractivity contribution in [3.05, 3.63) is 65.7 Å². The van der Waals surface area contributed by atoms with E-state index >= 15 is 0 Å². The van der Waals surface area contributed by atoms with Crippen molar-refractivity contribution in [1.29, 1.82) is 0 Å². The second-order valence-corrected chi connectivity index (χ2v) is 21.5. The monoisotopic (exact) mass is 918 g/mol. The first-order chi connectivity index (χ1) is 32.5. The quantitative estimate of drug-likeness (QED) is 0.177. The number of benzene rings is 2. The van der Waals surface area contributed by atoms with Crippen LogP contribution in [0.2, 0.25) is 0 Å². The lowest BCUT2D eigenvalue weighted by atomic mass is 9.65. The number of nitrogens with zero attached hydrogens (tertiary/aromatic N) is 6. The van der Waals surface area contributed by atoms with Crippen LogP contribution in [0.15, 0.2) is 54.6 Å². The number of carbonyl (C=O) groups is 4. The number of anilines is 3. The first-order valence-electron chi connectivity index (χ1n) is 25.6. The first-order valence-corrected chi connectivity index (χ1v) is 25.6. The maximum absolute atomic E-state index is 13.8. The highest BCUT2D eigenvalue weighted by molar-refractivity contribution is 6.05. The third-order valence-electron chi connectivity index (χ3n) is 17.4. The Hall–Kier alpha value is -4.58. The molecule has 16 heteroatoms. The van der Waals surface area contributed by atoms with Crippen molar-refractivity contribution in [3.8, 4) is 0 Å². The Labute approximate surface area is 395 Å². The fourth-order valence-electron chi connectivity index (χ4n) is 13.2. The Balaban J connectivity index is 0.623. The van der Waals surface area contributed by atoms with Crippen LogP contribution in [0.1, 0.15) is 106 Å². The number of piperazine rings is 1. The molecular formula is C51H71N11O5. The van der Waals surface area contributed by atoms with Gasteiger partial charge < -0.3 is 25.1 Å². The zero-order valence-electron chi connectivity index (χ0n) is 39.3. The Bertz CT molecular complexity index is 2210. The van der Waals surface area contributed by atoms with Crippen LogP contribution in [0.25, 0.3) is 0 Å². The number of hydrogen-bond donors (Lipinski definition) is 6. The van der Waals surface area contributed by atoms with Gasteiger partial charge >= 0.3 is 0 Å². The molecule has 1 saturated carbocycles. The highest BCUT2D eigenvalue weighted by Crippen LogP contribution is 2.47. The minimum atomic E-state index is -0.803. The van der Waals surface area contributed by atoms with Gasteiger partial charge in [-0.05, 0) is 143 Å². The minimum Gasteiger partial charge on any atom is -0.389 e. The number of imide groups is 1. The summed E-state index contributed by atoms with van der Waals surface area (Å²) in [4.78, 5) is 60.6. The first kappa shape index (κ1) is 44.9. The summed E-state index contributed by atoms with van der Waals surface area (Å²) in [5.41, 5.74) is 4.74. The second-order valence-electron chi connectivity index (χ2n) is 21.5. The molecule has 0 aromatic heterocycles. The Morgan fingerprint density at radius 1 is 0.806 bits per heavy atom. The van der Waals surface area contributed by atoms with Crippen molar-refractivity contribution < 1.29 is 24.3 Å². The number of carbonyl (C=O) groups excluding carboxylic acids is 4. The normalized spacial score (nSPS) is 33.5. The molecule has 6 N–H and O–H groups in total. The standard InChI is InChI=1S/C51H71N11O5/c1-50(67)18-3-2-4-23-61-48(66)40-31-52-49(56-45(40)62(61)43-7-5-6-42(50)54-43)53-36-8-10-37(11-9-36)59-28-26-57(27-29-59)32-34-16-19-51(20-17-34)21-24-58(25-22-51)38-12-13-39-35(30-38)33-60(47(39)65)41-14-15-44(63)55-46(41)64/h2,4,8-13,30,34,40-43,45,49,52-54,56,67H,3,5-7,14-29,31-33H2,1H3,(H,55,63,64)/b4-2-/t40?,41?,42?,43?,45?,49?,50-/m1/s1. The molecule has 16 nitrogen and oxygen atoms in total. The van der Waals surface area contributed by atoms with Gasteiger partial charge in [0.15, 0.2) is 0 Å². The molecule has 11 rings (SSSR count). The lowest BCUT2D eigenvalue weighted by molar-refractivity contribution is -0.146. The van der Waals surface area contributed by atoms with Gasteiger partial charge in [-0.25, -0.2) is 0 Å². The van der Waals surface area contributed by atoms with Gasteiger partial charge in [0.25, 0.3) is 5.91 Å². The molecule has 8 heterocycles. The van der Waals surface area contributed by atoms with Crippen LogP contribution in [0.3, 0.4) is 0 Å². The highest BCUT2D eigenvalue weighted by Gasteiger charge is 2.53. The van der Waals surface area contributed by atoms with Crippen LogP contribution in [0, 0.1) is 17.3 Å². The number of rotatable bonds is 7. The van der Waals surface area contributed by atoms with Crippen molar-refractivity contribution in [2.45, 2.75) is 133 Å². The predicted molar refractivity (Wildman–Crippen MR) is 256 cm³/mol. The fraction of sp³-hybridized carbons (Fsp3) is 0.647. The van der Waals surface area contributed by atoms with Crippen LogP contribution in [0.5, 0.6) is 0 Å². The van der Waals surface area contributed by atoms with Gasteiger partial charge in [0.1, 0.15) is 12.3 Å². The van der Waals surface area contributed by atoms with Crippen molar-refractivity contribution in [3.63, 3.8) is 0 Å². The van der Waals surface area contributed by atoms with Gasteiger partial charge in [0.05, 0.1) is 30.4 Å². The van der Waals surface area contributed by atoms with E-state index in [2.05, 4.69) is 94.8 Å². The van der Waals surface area contributed by atoms with Crippen LogP contribution < -0.4 is 36.4 Å². The summed E-state index contributed by atoms with van der Waals surface area (Å²) in [5, 5.41) is 32.7. The van der Waals surface area contributed by atoms with Crippen molar-refractivity contribution in [2.24, 2.45) is 17.3 Å². The van der Waals surface area contributed by atoms with Crippen molar-refractivity contribution >= 4 is 40.7 Å². The predicted octanol–water partition coefficient (Wildman–Crippen LogP) is 3.51. The van der Waals surface area contributed by atoms with Gasteiger partial charge in [-0.15, -0.1) is 0 Å². The van der Waals surface area contributed by atoms with E-state index in [0.717, 1.165) is 82.1 Å². The lowest BCUT2D eigenvalue weighted by Crippen LogP contribution is -2.69. The number of hydrogen-bond acceptors (Lipinski definition) is 13. The molecule has 2 aromatic rings. The van der Waals surface area contributed by atoms with E-state index in [1.54, 1.807) is 4.90 Å². The molecule has 6 unspecified atom stereocenters. The summed E-state index contributed by atoms with van der Waals surface area (Å²) >= 11 is 0. The maximum Gasteiger partial charge on any atom is 0.255 e. The summed E-state index contributed by atoms with van der Waals surface area (Å²) in [5.74, 6) is -0.0292. The molecule has 6 saturated heterocycles. The molecular weight excluding hydrogens is 847 g/mol. The molecule has 2 bridgehead atoms. The van der Waals surface area contributed by atoms with E-state index in [-0.39, 0.29) is 60.6 Å². The van der Waals surface area contributed by atoms with Crippen LogP contribution in [-0.4, -0.2) is 144 Å². The number of allylic oxidation sites excluding steroid dienone is 1. The number of aliphatic hydroxyl groups is 1. The molecule has 1 spiro atoms.